The quantitative estimate of drug-likeness (QED) is 0.668. The number of amides is 1. The molecule has 3 aromatic heterocycles. The number of aryl methyl sites for hydroxylation is 3. The van der Waals surface area contributed by atoms with E-state index in [0.29, 0.717) is 23.7 Å². The van der Waals surface area contributed by atoms with Gasteiger partial charge in [-0.15, -0.1) is 0 Å². The van der Waals surface area contributed by atoms with E-state index in [2.05, 4.69) is 15.2 Å². The molecule has 0 radical (unpaired) electrons. The molecule has 0 fully saturated rings. The Morgan fingerprint density at radius 1 is 1.06 bits per heavy atom. The van der Waals surface area contributed by atoms with Crippen LogP contribution >= 0.6 is 0 Å². The van der Waals surface area contributed by atoms with Crippen LogP contribution in [0.1, 0.15) is 41.1 Å². The zero-order valence-electron chi connectivity index (χ0n) is 16.6. The monoisotopic (exact) mass is 434 g/mol. The fourth-order valence-electron chi connectivity index (χ4n) is 3.49. The van der Waals surface area contributed by atoms with Crippen molar-refractivity contribution in [3.05, 3.63) is 47.5 Å². The third kappa shape index (κ3) is 4.70. The molecule has 0 saturated heterocycles. The Morgan fingerprint density at radius 3 is 2.58 bits per heavy atom. The smallest absolute Gasteiger partial charge is 0.433 e. The summed E-state index contributed by atoms with van der Waals surface area (Å²) in [4.78, 5) is 14.1. The van der Waals surface area contributed by atoms with Crippen molar-refractivity contribution in [3.63, 3.8) is 0 Å². The second kappa shape index (κ2) is 8.40. The molecule has 31 heavy (non-hydrogen) atoms. The lowest BCUT2D eigenvalue weighted by Gasteiger charge is -2.13. The summed E-state index contributed by atoms with van der Waals surface area (Å²) in [7, 11) is 0. The van der Waals surface area contributed by atoms with Crippen LogP contribution in [0.15, 0.2) is 30.5 Å². The molecule has 5 heterocycles. The number of carbonyl (C=O) groups excluding carboxylic acids is 1. The summed E-state index contributed by atoms with van der Waals surface area (Å²) in [6.45, 7) is 2.32. The van der Waals surface area contributed by atoms with E-state index in [1.807, 2.05) is 10.7 Å². The lowest BCUT2D eigenvalue weighted by molar-refractivity contribution is -0.141. The normalized spacial score (nSPS) is 15.2. The average Bonchev–Trinajstić information content (AvgIpc) is 3.38. The van der Waals surface area contributed by atoms with Gasteiger partial charge in [0.15, 0.2) is 5.69 Å². The molecule has 0 spiro atoms. The van der Waals surface area contributed by atoms with Crippen LogP contribution in [0.25, 0.3) is 11.3 Å². The van der Waals surface area contributed by atoms with E-state index >= 15 is 0 Å². The Labute approximate surface area is 175 Å². The van der Waals surface area contributed by atoms with Gasteiger partial charge in [-0.2, -0.15) is 23.4 Å². The maximum absolute atomic E-state index is 12.6. The number of nitrogens with zero attached hydrogens (tertiary/aromatic N) is 5. The molecule has 2 aliphatic rings. The van der Waals surface area contributed by atoms with E-state index in [1.54, 1.807) is 16.8 Å². The highest BCUT2D eigenvalue weighted by atomic mass is 19.4. The predicted octanol–water partition coefficient (Wildman–Crippen LogP) is 3.06. The van der Waals surface area contributed by atoms with Crippen LogP contribution in [0.3, 0.4) is 0 Å². The maximum Gasteiger partial charge on any atom is 0.433 e. The van der Waals surface area contributed by atoms with Crippen LogP contribution in [0.2, 0.25) is 0 Å². The van der Waals surface area contributed by atoms with Crippen molar-refractivity contribution < 1.29 is 22.7 Å². The Bertz CT molecular complexity index is 1040. The van der Waals surface area contributed by atoms with Crippen LogP contribution in [0.4, 0.5) is 13.2 Å². The van der Waals surface area contributed by atoms with Crippen molar-refractivity contribution >= 4 is 5.91 Å². The summed E-state index contributed by atoms with van der Waals surface area (Å²) in [5.74, 6) is 0.121. The molecule has 0 saturated carbocycles. The second-order valence-electron chi connectivity index (χ2n) is 7.29. The van der Waals surface area contributed by atoms with Gasteiger partial charge in [0.1, 0.15) is 5.69 Å². The van der Waals surface area contributed by atoms with E-state index in [0.717, 1.165) is 50.5 Å². The number of pyridine rings is 1. The second-order valence-corrected chi connectivity index (χ2v) is 7.29. The average molecular weight is 434 g/mol. The first-order valence-corrected chi connectivity index (χ1v) is 9.92. The van der Waals surface area contributed by atoms with Gasteiger partial charge in [0.05, 0.1) is 12.3 Å². The Hall–Kier alpha value is -3.37. The minimum Gasteiger partial charge on any atom is -0.478 e. The Balaban J connectivity index is 0.000000166. The molecule has 5 rings (SSSR count). The number of alkyl halides is 3. The number of hydrogen-bond donors (Lipinski definition) is 1. The molecule has 0 bridgehead atoms. The summed E-state index contributed by atoms with van der Waals surface area (Å²) in [5, 5.41) is 8.33. The molecule has 0 aromatic carbocycles. The molecule has 0 unspecified atom stereocenters. The lowest BCUT2D eigenvalue weighted by atomic mass is 10.1. The van der Waals surface area contributed by atoms with Crippen molar-refractivity contribution in [2.75, 3.05) is 6.61 Å². The van der Waals surface area contributed by atoms with E-state index in [9.17, 15) is 18.0 Å². The third-order valence-electron chi connectivity index (χ3n) is 5.02. The molecule has 0 aliphatic carbocycles. The minimum atomic E-state index is -4.42. The molecule has 2 N–H and O–H groups in total. The van der Waals surface area contributed by atoms with E-state index < -0.39 is 17.8 Å². The van der Waals surface area contributed by atoms with Crippen molar-refractivity contribution in [1.29, 1.82) is 0 Å². The number of hydrogen-bond acceptors (Lipinski definition) is 5. The highest BCUT2D eigenvalue weighted by Crippen LogP contribution is 2.30. The summed E-state index contributed by atoms with van der Waals surface area (Å²) in [6.07, 6.45) is 0.788. The number of nitrogens with two attached hydrogens (primary N) is 1. The first kappa shape index (κ1) is 20.9. The largest absolute Gasteiger partial charge is 0.478 e. The number of aromatic nitrogens is 5. The van der Waals surface area contributed by atoms with Crippen molar-refractivity contribution in [2.24, 2.45) is 5.73 Å². The first-order chi connectivity index (χ1) is 14.8. The number of fused-ring (bicyclic) bond motifs is 2. The lowest BCUT2D eigenvalue weighted by Crippen LogP contribution is -2.15. The maximum atomic E-state index is 12.6. The molecule has 8 nitrogen and oxygen atoms in total. The van der Waals surface area contributed by atoms with Crippen molar-refractivity contribution in [2.45, 2.75) is 44.9 Å². The Morgan fingerprint density at radius 2 is 1.87 bits per heavy atom. The van der Waals surface area contributed by atoms with Crippen molar-refractivity contribution in [3.8, 4) is 17.1 Å². The minimum absolute atomic E-state index is 0.270. The van der Waals surface area contributed by atoms with Gasteiger partial charge in [-0.1, -0.05) is 0 Å². The molecule has 0 atom stereocenters. The highest BCUT2D eigenvalue weighted by molar-refractivity contribution is 5.91. The predicted molar refractivity (Wildman–Crippen MR) is 104 cm³/mol. The highest BCUT2D eigenvalue weighted by Gasteiger charge is 2.32. The number of primary amides is 1. The zero-order chi connectivity index (χ0) is 22.0. The first-order valence-electron chi connectivity index (χ1n) is 9.92. The number of carbonyl (C=O) groups is 1. The third-order valence-corrected chi connectivity index (χ3v) is 5.02. The zero-order valence-corrected chi connectivity index (χ0v) is 16.6. The summed E-state index contributed by atoms with van der Waals surface area (Å²) in [5.41, 5.74) is 6.59. The molecular weight excluding hydrogens is 413 g/mol. The van der Waals surface area contributed by atoms with Gasteiger partial charge >= 0.3 is 6.18 Å². The number of halogens is 3. The summed E-state index contributed by atoms with van der Waals surface area (Å²) >= 11 is 0. The van der Waals surface area contributed by atoms with Crippen LogP contribution in [-0.2, 0) is 25.7 Å². The van der Waals surface area contributed by atoms with Gasteiger partial charge in [0, 0.05) is 43.0 Å². The SMILES string of the molecule is FC(F)(F)c1cc(-c2cc3n(n2)CCCC3)ccn1.NC(=O)c1cc2n(n1)CCCO2. The molecule has 3 aromatic rings. The van der Waals surface area contributed by atoms with E-state index in [1.165, 1.54) is 6.20 Å². The molecule has 11 heteroatoms. The fourth-order valence-corrected chi connectivity index (χ4v) is 3.49. The number of ether oxygens (including phenoxy) is 1. The van der Waals surface area contributed by atoms with Crippen LogP contribution in [-0.4, -0.2) is 37.1 Å². The molecule has 2 aliphatic heterocycles. The van der Waals surface area contributed by atoms with Gasteiger partial charge < -0.3 is 10.5 Å². The molecule has 164 valence electrons. The summed E-state index contributed by atoms with van der Waals surface area (Å²) in [6, 6.07) is 6.05. The number of rotatable bonds is 2. The van der Waals surface area contributed by atoms with Gasteiger partial charge in [0.25, 0.3) is 5.91 Å². The topological polar surface area (TPSA) is 101 Å². The van der Waals surface area contributed by atoms with Gasteiger partial charge in [0.2, 0.25) is 5.88 Å². The molecular formula is C20H21F3N6O2. The van der Waals surface area contributed by atoms with Crippen molar-refractivity contribution in [1.82, 2.24) is 24.5 Å². The van der Waals surface area contributed by atoms with Crippen LogP contribution in [0.5, 0.6) is 5.88 Å². The fraction of sp³-hybridized carbons (Fsp3) is 0.400. The van der Waals surface area contributed by atoms with Gasteiger partial charge in [-0.05, 0) is 37.5 Å². The van der Waals surface area contributed by atoms with Crippen LogP contribution in [0, 0.1) is 0 Å². The summed E-state index contributed by atoms with van der Waals surface area (Å²) < 4.78 is 46.7. The molecule has 1 amide bonds. The van der Waals surface area contributed by atoms with Gasteiger partial charge in [-0.25, -0.2) is 4.68 Å². The van der Waals surface area contributed by atoms with Crippen LogP contribution < -0.4 is 10.5 Å². The Kier molecular flexibility index (Phi) is 5.66. The van der Waals surface area contributed by atoms with E-state index in [4.69, 9.17) is 10.5 Å². The van der Waals surface area contributed by atoms with Gasteiger partial charge in [-0.3, -0.25) is 14.5 Å². The standard InChI is InChI=1S/C13H12F3N3.C7H9N3O2/c14-13(15,16)12-7-9(4-5-17-12)11-8-10-3-1-2-6-19(10)18-11;8-7(11)5-4-6-10(9-5)2-1-3-12-6/h4-5,7-8H,1-3,6H2;4H,1-3H2,(H2,8,11). The van der Waals surface area contributed by atoms with E-state index in [-0.39, 0.29) is 5.69 Å².